The third-order valence-corrected chi connectivity index (χ3v) is 5.23. The maximum absolute atomic E-state index is 13.2. The Labute approximate surface area is 176 Å². The van der Waals surface area contributed by atoms with Crippen LogP contribution in [0.5, 0.6) is 0 Å². The third-order valence-electron chi connectivity index (χ3n) is 5.23. The highest BCUT2D eigenvalue weighted by molar-refractivity contribution is 5.94. The van der Waals surface area contributed by atoms with Crippen LogP contribution < -0.4 is 0 Å². The molecule has 0 atom stereocenters. The van der Waals surface area contributed by atoms with Gasteiger partial charge < -0.3 is 9.42 Å². The number of carbonyl (C=O) groups is 1. The van der Waals surface area contributed by atoms with Gasteiger partial charge >= 0.3 is 0 Å². The SMILES string of the molecule is Cc1ccc(-c2cc(CN(Cc3ccccc3)C(=O)c3ccccc3)no2)cc1C. The molecule has 150 valence electrons. The van der Waals surface area contributed by atoms with E-state index in [1.165, 1.54) is 11.1 Å². The van der Waals surface area contributed by atoms with Gasteiger partial charge in [-0.1, -0.05) is 65.8 Å². The normalized spacial score (nSPS) is 10.7. The lowest BCUT2D eigenvalue weighted by Gasteiger charge is -2.22. The molecule has 0 unspecified atom stereocenters. The summed E-state index contributed by atoms with van der Waals surface area (Å²) in [6.07, 6.45) is 0. The Morgan fingerprint density at radius 2 is 1.53 bits per heavy atom. The van der Waals surface area contributed by atoms with Crippen LogP contribution in [0.15, 0.2) is 89.5 Å². The molecule has 0 saturated heterocycles. The van der Waals surface area contributed by atoms with Crippen molar-refractivity contribution in [3.63, 3.8) is 0 Å². The first-order chi connectivity index (χ1) is 14.6. The van der Waals surface area contributed by atoms with Crippen molar-refractivity contribution in [2.24, 2.45) is 0 Å². The fraction of sp³-hybridized carbons (Fsp3) is 0.154. The van der Waals surface area contributed by atoms with Crippen LogP contribution in [0.2, 0.25) is 0 Å². The molecule has 0 N–H and O–H groups in total. The van der Waals surface area contributed by atoms with Gasteiger partial charge in [0.05, 0.1) is 6.54 Å². The summed E-state index contributed by atoms with van der Waals surface area (Å²) in [5.41, 5.74) is 5.88. The van der Waals surface area contributed by atoms with Crippen molar-refractivity contribution in [2.45, 2.75) is 26.9 Å². The van der Waals surface area contributed by atoms with Gasteiger partial charge in [0.2, 0.25) is 0 Å². The summed E-state index contributed by atoms with van der Waals surface area (Å²) in [5, 5.41) is 4.23. The molecule has 4 rings (SSSR count). The van der Waals surface area contributed by atoms with Gasteiger partial charge in [-0.25, -0.2) is 0 Å². The molecule has 4 aromatic rings. The van der Waals surface area contributed by atoms with Crippen LogP contribution in [0, 0.1) is 13.8 Å². The number of hydrogen-bond acceptors (Lipinski definition) is 3. The number of benzene rings is 3. The van der Waals surface area contributed by atoms with Crippen LogP contribution in [-0.2, 0) is 13.1 Å². The first kappa shape index (κ1) is 19.6. The maximum Gasteiger partial charge on any atom is 0.254 e. The molecular weight excluding hydrogens is 372 g/mol. The lowest BCUT2D eigenvalue weighted by atomic mass is 10.0. The summed E-state index contributed by atoms with van der Waals surface area (Å²) in [6.45, 7) is 5.04. The molecule has 30 heavy (non-hydrogen) atoms. The fourth-order valence-corrected chi connectivity index (χ4v) is 3.38. The largest absolute Gasteiger partial charge is 0.356 e. The van der Waals surface area contributed by atoms with Crippen molar-refractivity contribution in [3.8, 4) is 11.3 Å². The van der Waals surface area contributed by atoms with E-state index in [4.69, 9.17) is 4.52 Å². The van der Waals surface area contributed by atoms with E-state index in [0.29, 0.717) is 24.4 Å². The smallest absolute Gasteiger partial charge is 0.254 e. The number of aryl methyl sites for hydroxylation is 2. The van der Waals surface area contributed by atoms with Gasteiger partial charge in [-0.15, -0.1) is 0 Å². The topological polar surface area (TPSA) is 46.3 Å². The lowest BCUT2D eigenvalue weighted by molar-refractivity contribution is 0.0726. The summed E-state index contributed by atoms with van der Waals surface area (Å²) in [7, 11) is 0. The zero-order valence-electron chi connectivity index (χ0n) is 17.2. The van der Waals surface area contributed by atoms with E-state index in [2.05, 4.69) is 31.1 Å². The van der Waals surface area contributed by atoms with Crippen molar-refractivity contribution < 1.29 is 9.32 Å². The van der Waals surface area contributed by atoms with Crippen LogP contribution in [0.3, 0.4) is 0 Å². The number of amides is 1. The molecule has 1 heterocycles. The van der Waals surface area contributed by atoms with Crippen LogP contribution in [0.1, 0.15) is 32.7 Å². The number of aromatic nitrogens is 1. The molecule has 3 aromatic carbocycles. The first-order valence-electron chi connectivity index (χ1n) is 10.0. The molecule has 0 spiro atoms. The van der Waals surface area contributed by atoms with Gasteiger partial charge in [-0.3, -0.25) is 4.79 Å². The average Bonchev–Trinajstić information content (AvgIpc) is 3.24. The van der Waals surface area contributed by atoms with Crippen molar-refractivity contribution in [3.05, 3.63) is 113 Å². The van der Waals surface area contributed by atoms with Gasteiger partial charge in [-0.05, 0) is 48.7 Å². The second-order valence-corrected chi connectivity index (χ2v) is 7.49. The Hall–Kier alpha value is -3.66. The second kappa shape index (κ2) is 8.78. The van der Waals surface area contributed by atoms with E-state index in [-0.39, 0.29) is 5.91 Å². The molecule has 0 aliphatic heterocycles. The van der Waals surface area contributed by atoms with Gasteiger partial charge in [-0.2, -0.15) is 0 Å². The Morgan fingerprint density at radius 1 is 0.833 bits per heavy atom. The molecule has 1 amide bonds. The fourth-order valence-electron chi connectivity index (χ4n) is 3.38. The van der Waals surface area contributed by atoms with Crippen molar-refractivity contribution >= 4 is 5.91 Å². The quantitative estimate of drug-likeness (QED) is 0.414. The minimum Gasteiger partial charge on any atom is -0.356 e. The summed E-state index contributed by atoms with van der Waals surface area (Å²) in [6, 6.07) is 27.4. The van der Waals surface area contributed by atoms with Crippen LogP contribution in [0.25, 0.3) is 11.3 Å². The van der Waals surface area contributed by atoms with Crippen molar-refractivity contribution in [1.29, 1.82) is 0 Å². The minimum absolute atomic E-state index is 0.0322. The van der Waals surface area contributed by atoms with Gasteiger partial charge in [0.1, 0.15) is 5.69 Å². The van der Waals surface area contributed by atoms with Crippen molar-refractivity contribution in [1.82, 2.24) is 10.1 Å². The van der Waals surface area contributed by atoms with E-state index >= 15 is 0 Å². The molecule has 4 nitrogen and oxygen atoms in total. The third kappa shape index (κ3) is 4.49. The van der Waals surface area contributed by atoms with Crippen molar-refractivity contribution in [2.75, 3.05) is 0 Å². The summed E-state index contributed by atoms with van der Waals surface area (Å²) in [5.74, 6) is 0.676. The number of nitrogens with zero attached hydrogens (tertiary/aromatic N) is 2. The van der Waals surface area contributed by atoms with Crippen LogP contribution in [-0.4, -0.2) is 16.0 Å². The highest BCUT2D eigenvalue weighted by Crippen LogP contribution is 2.24. The molecule has 0 bridgehead atoms. The molecule has 4 heteroatoms. The maximum atomic E-state index is 13.2. The summed E-state index contributed by atoms with van der Waals surface area (Å²) >= 11 is 0. The summed E-state index contributed by atoms with van der Waals surface area (Å²) in [4.78, 5) is 15.0. The van der Waals surface area contributed by atoms with E-state index in [9.17, 15) is 4.79 Å². The zero-order valence-corrected chi connectivity index (χ0v) is 17.2. The predicted molar refractivity (Wildman–Crippen MR) is 118 cm³/mol. The standard InChI is InChI=1S/C26H24N2O2/c1-19-13-14-23(15-20(19)2)25-16-24(27-30-25)18-28(17-21-9-5-3-6-10-21)26(29)22-11-7-4-8-12-22/h3-16H,17-18H2,1-2H3. The van der Waals surface area contributed by atoms with Gasteiger partial charge in [0.25, 0.3) is 5.91 Å². The Balaban J connectivity index is 1.59. The number of hydrogen-bond donors (Lipinski definition) is 0. The first-order valence-corrected chi connectivity index (χ1v) is 10.0. The van der Waals surface area contributed by atoms with E-state index in [1.54, 1.807) is 4.90 Å². The predicted octanol–water partition coefficient (Wildman–Crippen LogP) is 5.80. The number of rotatable bonds is 6. The van der Waals surface area contributed by atoms with Gasteiger partial charge in [0.15, 0.2) is 5.76 Å². The van der Waals surface area contributed by atoms with Crippen LogP contribution in [0.4, 0.5) is 0 Å². The molecular formula is C26H24N2O2. The minimum atomic E-state index is -0.0322. The molecule has 0 fully saturated rings. The average molecular weight is 396 g/mol. The molecule has 0 saturated carbocycles. The number of carbonyl (C=O) groups excluding carboxylic acids is 1. The van der Waals surface area contributed by atoms with E-state index in [0.717, 1.165) is 16.8 Å². The highest BCUT2D eigenvalue weighted by Gasteiger charge is 2.19. The van der Waals surface area contributed by atoms with E-state index < -0.39 is 0 Å². The molecule has 0 aliphatic carbocycles. The van der Waals surface area contributed by atoms with E-state index in [1.807, 2.05) is 72.8 Å². The monoisotopic (exact) mass is 396 g/mol. The van der Waals surface area contributed by atoms with Crippen LogP contribution >= 0.6 is 0 Å². The molecule has 0 radical (unpaired) electrons. The Kier molecular flexibility index (Phi) is 5.75. The zero-order chi connectivity index (χ0) is 20.9. The van der Waals surface area contributed by atoms with Gasteiger partial charge in [0, 0.05) is 23.7 Å². The highest BCUT2D eigenvalue weighted by atomic mass is 16.5. The lowest BCUT2D eigenvalue weighted by Crippen LogP contribution is -2.30. The summed E-state index contributed by atoms with van der Waals surface area (Å²) < 4.78 is 5.59. The molecule has 0 aliphatic rings. The Morgan fingerprint density at radius 3 is 2.23 bits per heavy atom. The molecule has 1 aromatic heterocycles. The Bertz CT molecular complexity index is 1130. The second-order valence-electron chi connectivity index (χ2n) is 7.49.